The molecule has 1 fully saturated rings. The summed E-state index contributed by atoms with van der Waals surface area (Å²) in [5.41, 5.74) is 5.69. The Balaban J connectivity index is 1.78. The summed E-state index contributed by atoms with van der Waals surface area (Å²) in [7, 11) is 0. The number of nitrogens with zero attached hydrogens (tertiary/aromatic N) is 1. The lowest BCUT2D eigenvalue weighted by molar-refractivity contribution is -0.132. The van der Waals surface area contributed by atoms with Crippen LogP contribution in [0.3, 0.4) is 0 Å². The number of benzene rings is 1. The van der Waals surface area contributed by atoms with Crippen LogP contribution in [-0.2, 0) is 15.3 Å². The van der Waals surface area contributed by atoms with Gasteiger partial charge in [0.2, 0.25) is 11.8 Å². The minimum Gasteiger partial charge on any atom is -0.369 e. The molecule has 4 nitrogen and oxygen atoms in total. The van der Waals surface area contributed by atoms with Gasteiger partial charge in [-0.3, -0.25) is 9.59 Å². The third-order valence-corrected chi connectivity index (χ3v) is 5.08. The van der Waals surface area contributed by atoms with E-state index in [-0.39, 0.29) is 29.3 Å². The molecular formula is C15H18ClFN2O2S. The lowest BCUT2D eigenvalue weighted by Crippen LogP contribution is -2.42. The number of nitrogens with two attached hydrogens (primary N) is 1. The van der Waals surface area contributed by atoms with Crippen LogP contribution in [-0.4, -0.2) is 35.6 Å². The SMILES string of the molecule is NC(=O)C1CCN(C(=O)CSCc2c(F)cccc2Cl)CC1. The van der Waals surface area contributed by atoms with E-state index in [0.717, 1.165) is 0 Å². The smallest absolute Gasteiger partial charge is 0.232 e. The third kappa shape index (κ3) is 4.36. The first-order valence-corrected chi connectivity index (χ1v) is 8.60. The Labute approximate surface area is 138 Å². The standard InChI is InChI=1S/C15H18ClFN2O2S/c16-12-2-1-3-13(17)11(12)8-22-9-14(20)19-6-4-10(5-7-19)15(18)21/h1-3,10H,4-9H2,(H2,18,21). The number of thioether (sulfide) groups is 1. The number of rotatable bonds is 5. The molecule has 1 aliphatic rings. The average molecular weight is 345 g/mol. The second-order valence-corrected chi connectivity index (χ2v) is 6.64. The Morgan fingerprint density at radius 1 is 1.36 bits per heavy atom. The van der Waals surface area contributed by atoms with Gasteiger partial charge >= 0.3 is 0 Å². The predicted molar refractivity (Wildman–Crippen MR) is 86.1 cm³/mol. The van der Waals surface area contributed by atoms with E-state index in [1.807, 2.05) is 0 Å². The minimum atomic E-state index is -0.352. The summed E-state index contributed by atoms with van der Waals surface area (Å²) in [6.45, 7) is 1.10. The van der Waals surface area contributed by atoms with E-state index in [1.165, 1.54) is 17.8 Å². The van der Waals surface area contributed by atoms with Crippen LogP contribution in [0, 0.1) is 11.7 Å². The van der Waals surface area contributed by atoms with Crippen LogP contribution in [0.15, 0.2) is 18.2 Å². The molecule has 1 aromatic rings. The molecule has 0 aliphatic carbocycles. The molecule has 120 valence electrons. The highest BCUT2D eigenvalue weighted by molar-refractivity contribution is 7.99. The van der Waals surface area contributed by atoms with Crippen LogP contribution >= 0.6 is 23.4 Å². The minimum absolute atomic E-state index is 0.000354. The van der Waals surface area contributed by atoms with Crippen molar-refractivity contribution in [3.8, 4) is 0 Å². The third-order valence-electron chi connectivity index (χ3n) is 3.78. The van der Waals surface area contributed by atoms with Crippen LogP contribution in [0.25, 0.3) is 0 Å². The molecule has 2 N–H and O–H groups in total. The molecule has 0 atom stereocenters. The van der Waals surface area contributed by atoms with E-state index in [2.05, 4.69) is 0 Å². The molecule has 1 aromatic carbocycles. The summed E-state index contributed by atoms with van der Waals surface area (Å²) in [6.07, 6.45) is 1.23. The van der Waals surface area contributed by atoms with Crippen LogP contribution < -0.4 is 5.73 Å². The normalized spacial score (nSPS) is 15.8. The number of hydrogen-bond donors (Lipinski definition) is 1. The maximum Gasteiger partial charge on any atom is 0.232 e. The molecule has 1 heterocycles. The van der Waals surface area contributed by atoms with Crippen LogP contribution in [0.5, 0.6) is 0 Å². The molecule has 0 unspecified atom stereocenters. The first kappa shape index (κ1) is 17.1. The van der Waals surface area contributed by atoms with Gasteiger partial charge in [-0.2, -0.15) is 0 Å². The Morgan fingerprint density at radius 3 is 2.64 bits per heavy atom. The van der Waals surface area contributed by atoms with Crippen molar-refractivity contribution in [2.45, 2.75) is 18.6 Å². The highest BCUT2D eigenvalue weighted by atomic mass is 35.5. The Bertz CT molecular complexity index is 542. The van der Waals surface area contributed by atoms with Gasteiger partial charge in [0.25, 0.3) is 0 Å². The molecule has 0 spiro atoms. The van der Waals surface area contributed by atoms with Gasteiger partial charge in [0, 0.05) is 35.3 Å². The number of carbonyl (C=O) groups is 2. The number of likely N-dealkylation sites (tertiary alicyclic amines) is 1. The fraction of sp³-hybridized carbons (Fsp3) is 0.467. The van der Waals surface area contributed by atoms with Crippen molar-refractivity contribution in [3.05, 3.63) is 34.6 Å². The van der Waals surface area contributed by atoms with Gasteiger partial charge in [0.1, 0.15) is 5.82 Å². The maximum absolute atomic E-state index is 13.6. The van der Waals surface area contributed by atoms with E-state index < -0.39 is 0 Å². The topological polar surface area (TPSA) is 63.4 Å². The van der Waals surface area contributed by atoms with Crippen molar-refractivity contribution in [1.82, 2.24) is 4.90 Å². The highest BCUT2D eigenvalue weighted by Gasteiger charge is 2.25. The summed E-state index contributed by atoms with van der Waals surface area (Å²) >= 11 is 7.28. The molecule has 0 saturated carbocycles. The second kappa shape index (κ2) is 7.83. The Hall–Kier alpha value is -1.27. The molecule has 2 rings (SSSR count). The number of amides is 2. The Morgan fingerprint density at radius 2 is 2.05 bits per heavy atom. The van der Waals surface area contributed by atoms with E-state index in [4.69, 9.17) is 17.3 Å². The highest BCUT2D eigenvalue weighted by Crippen LogP contribution is 2.24. The van der Waals surface area contributed by atoms with Gasteiger partial charge in [-0.15, -0.1) is 11.8 Å². The molecule has 2 amide bonds. The monoisotopic (exact) mass is 344 g/mol. The Kier molecular flexibility index (Phi) is 6.08. The second-order valence-electron chi connectivity index (χ2n) is 5.25. The van der Waals surface area contributed by atoms with Gasteiger partial charge in [0.05, 0.1) is 5.75 Å². The first-order chi connectivity index (χ1) is 10.5. The largest absolute Gasteiger partial charge is 0.369 e. The molecule has 0 aromatic heterocycles. The molecule has 0 radical (unpaired) electrons. The summed E-state index contributed by atoms with van der Waals surface area (Å²) in [4.78, 5) is 24.9. The number of piperidine rings is 1. The van der Waals surface area contributed by atoms with Gasteiger partial charge in [-0.05, 0) is 25.0 Å². The molecule has 7 heteroatoms. The van der Waals surface area contributed by atoms with Crippen molar-refractivity contribution in [1.29, 1.82) is 0 Å². The number of primary amides is 1. The zero-order valence-electron chi connectivity index (χ0n) is 12.1. The van der Waals surface area contributed by atoms with Gasteiger partial charge in [-0.1, -0.05) is 17.7 Å². The summed E-state index contributed by atoms with van der Waals surface area (Å²) < 4.78 is 13.6. The summed E-state index contributed by atoms with van der Waals surface area (Å²) in [5.74, 6) is -0.152. The first-order valence-electron chi connectivity index (χ1n) is 7.06. The van der Waals surface area contributed by atoms with Gasteiger partial charge in [-0.25, -0.2) is 4.39 Å². The zero-order chi connectivity index (χ0) is 16.1. The quantitative estimate of drug-likeness (QED) is 0.892. The van der Waals surface area contributed by atoms with E-state index >= 15 is 0 Å². The fourth-order valence-electron chi connectivity index (χ4n) is 2.42. The van der Waals surface area contributed by atoms with Crippen LogP contribution in [0.4, 0.5) is 4.39 Å². The van der Waals surface area contributed by atoms with Gasteiger partial charge < -0.3 is 10.6 Å². The molecule has 1 aliphatic heterocycles. The molecule has 22 heavy (non-hydrogen) atoms. The van der Waals surface area contributed by atoms with Gasteiger partial charge in [0.15, 0.2) is 0 Å². The van der Waals surface area contributed by atoms with E-state index in [1.54, 1.807) is 17.0 Å². The predicted octanol–water partition coefficient (Wildman–Crippen LogP) is 2.44. The van der Waals surface area contributed by atoms with Crippen molar-refractivity contribution in [2.75, 3.05) is 18.8 Å². The number of halogens is 2. The average Bonchev–Trinajstić information content (AvgIpc) is 2.50. The van der Waals surface area contributed by atoms with E-state index in [9.17, 15) is 14.0 Å². The summed E-state index contributed by atoms with van der Waals surface area (Å²) in [5, 5.41) is 0.377. The van der Waals surface area contributed by atoms with Crippen molar-refractivity contribution in [3.63, 3.8) is 0 Å². The fourth-order valence-corrected chi connectivity index (χ4v) is 3.68. The van der Waals surface area contributed by atoms with Crippen molar-refractivity contribution in [2.24, 2.45) is 11.7 Å². The summed E-state index contributed by atoms with van der Waals surface area (Å²) in [6, 6.07) is 4.55. The van der Waals surface area contributed by atoms with Crippen molar-refractivity contribution >= 4 is 35.2 Å². The zero-order valence-corrected chi connectivity index (χ0v) is 13.6. The number of carbonyl (C=O) groups excluding carboxylic acids is 2. The lowest BCUT2D eigenvalue weighted by atomic mass is 9.96. The molecule has 0 bridgehead atoms. The van der Waals surface area contributed by atoms with Crippen LogP contribution in [0.1, 0.15) is 18.4 Å². The maximum atomic E-state index is 13.6. The number of hydrogen-bond acceptors (Lipinski definition) is 3. The molecular weight excluding hydrogens is 327 g/mol. The molecule has 1 saturated heterocycles. The van der Waals surface area contributed by atoms with Crippen LogP contribution in [0.2, 0.25) is 5.02 Å². The van der Waals surface area contributed by atoms with Crippen molar-refractivity contribution < 1.29 is 14.0 Å². The lowest BCUT2D eigenvalue weighted by Gasteiger charge is -2.30. The van der Waals surface area contributed by atoms with E-state index in [0.29, 0.717) is 42.3 Å².